The average Bonchev–Trinajstić information content (AvgIpc) is 2.17. The van der Waals surface area contributed by atoms with Crippen molar-refractivity contribution in [3.63, 3.8) is 0 Å². The number of hydrogen-bond donors (Lipinski definition) is 1. The fraction of sp³-hybridized carbons (Fsp3) is 0.300. The first kappa shape index (κ1) is 11.0. The summed E-state index contributed by atoms with van der Waals surface area (Å²) in [5.41, 5.74) is 5.72. The van der Waals surface area contributed by atoms with E-state index in [1.165, 1.54) is 7.11 Å². The normalized spacial score (nSPS) is 9.93. The fourth-order valence-corrected chi connectivity index (χ4v) is 1.47. The molecule has 76 valence electrons. The van der Waals surface area contributed by atoms with Crippen molar-refractivity contribution in [2.75, 3.05) is 13.7 Å². The Labute approximate surface area is 87.8 Å². The number of carbonyl (C=O) groups excluding carboxylic acids is 1. The summed E-state index contributed by atoms with van der Waals surface area (Å²) in [4.78, 5) is 11.6. The maximum atomic E-state index is 11.6. The molecule has 1 aromatic rings. The van der Waals surface area contributed by atoms with Gasteiger partial charge in [-0.25, -0.2) is 0 Å². The number of halogens is 1. The Bertz CT molecular complexity index is 339. The molecule has 0 aliphatic rings. The summed E-state index contributed by atoms with van der Waals surface area (Å²) in [5, 5.41) is 0.405. The topological polar surface area (TPSA) is 52.3 Å². The van der Waals surface area contributed by atoms with Crippen molar-refractivity contribution in [1.82, 2.24) is 0 Å². The number of carbonyl (C=O) groups is 1. The van der Waals surface area contributed by atoms with Crippen LogP contribution in [0.3, 0.4) is 0 Å². The number of hydrogen-bond acceptors (Lipinski definition) is 3. The summed E-state index contributed by atoms with van der Waals surface area (Å²) in [6.45, 7) is 0.313. The minimum Gasteiger partial charge on any atom is -0.496 e. The molecule has 0 radical (unpaired) electrons. The van der Waals surface area contributed by atoms with E-state index in [0.717, 1.165) is 0 Å². The van der Waals surface area contributed by atoms with Gasteiger partial charge in [0.05, 0.1) is 17.7 Å². The molecule has 1 rings (SSSR count). The van der Waals surface area contributed by atoms with Crippen molar-refractivity contribution in [1.29, 1.82) is 0 Å². The van der Waals surface area contributed by atoms with E-state index in [2.05, 4.69) is 0 Å². The molecule has 0 atom stereocenters. The standard InChI is InChI=1S/C10H12ClNO2/c1-14-9-4-2-3-7(11)10(9)8(13)5-6-12/h2-4H,5-6,12H2,1H3. The number of methoxy groups -OCH3 is 1. The minimum atomic E-state index is -0.0880. The van der Waals surface area contributed by atoms with Gasteiger partial charge in [-0.1, -0.05) is 17.7 Å². The molecular weight excluding hydrogens is 202 g/mol. The van der Waals surface area contributed by atoms with Crippen LogP contribution in [0.15, 0.2) is 18.2 Å². The van der Waals surface area contributed by atoms with Crippen LogP contribution in [0.5, 0.6) is 5.75 Å². The third-order valence-electron chi connectivity index (χ3n) is 1.85. The maximum Gasteiger partial charge on any atom is 0.169 e. The molecular formula is C10H12ClNO2. The second-order valence-electron chi connectivity index (χ2n) is 2.78. The van der Waals surface area contributed by atoms with Crippen molar-refractivity contribution < 1.29 is 9.53 Å². The van der Waals surface area contributed by atoms with E-state index in [4.69, 9.17) is 22.1 Å². The van der Waals surface area contributed by atoms with Crippen molar-refractivity contribution in [2.24, 2.45) is 5.73 Å². The summed E-state index contributed by atoms with van der Waals surface area (Å²) in [5.74, 6) is 0.408. The smallest absolute Gasteiger partial charge is 0.169 e. The highest BCUT2D eigenvalue weighted by Gasteiger charge is 2.14. The first-order valence-electron chi connectivity index (χ1n) is 4.26. The number of ether oxygens (including phenoxy) is 1. The molecule has 14 heavy (non-hydrogen) atoms. The average molecular weight is 214 g/mol. The van der Waals surface area contributed by atoms with Gasteiger partial charge in [-0.3, -0.25) is 4.79 Å². The fourth-order valence-electron chi connectivity index (χ4n) is 1.20. The third-order valence-corrected chi connectivity index (χ3v) is 2.16. The Hall–Kier alpha value is -1.06. The van der Waals surface area contributed by atoms with E-state index in [1.807, 2.05) is 0 Å². The van der Waals surface area contributed by atoms with Gasteiger partial charge in [0.25, 0.3) is 0 Å². The van der Waals surface area contributed by atoms with Gasteiger partial charge in [0.15, 0.2) is 5.78 Å². The zero-order valence-electron chi connectivity index (χ0n) is 7.92. The summed E-state index contributed by atoms with van der Waals surface area (Å²) in [6.07, 6.45) is 0.278. The first-order valence-corrected chi connectivity index (χ1v) is 4.64. The molecule has 0 amide bonds. The molecule has 0 unspecified atom stereocenters. The molecule has 0 saturated heterocycles. The van der Waals surface area contributed by atoms with Gasteiger partial charge in [0.2, 0.25) is 0 Å². The zero-order chi connectivity index (χ0) is 10.6. The molecule has 2 N–H and O–H groups in total. The molecule has 1 aromatic carbocycles. The Morgan fingerprint density at radius 2 is 2.29 bits per heavy atom. The molecule has 0 spiro atoms. The SMILES string of the molecule is COc1cccc(Cl)c1C(=O)CCN. The molecule has 4 heteroatoms. The predicted molar refractivity (Wildman–Crippen MR) is 56.0 cm³/mol. The highest BCUT2D eigenvalue weighted by atomic mass is 35.5. The van der Waals surface area contributed by atoms with Crippen LogP contribution in [0.4, 0.5) is 0 Å². The number of nitrogens with two attached hydrogens (primary N) is 1. The van der Waals surface area contributed by atoms with Crippen LogP contribution in [0.2, 0.25) is 5.02 Å². The monoisotopic (exact) mass is 213 g/mol. The van der Waals surface area contributed by atoms with Gasteiger partial charge in [0.1, 0.15) is 5.75 Å². The van der Waals surface area contributed by atoms with E-state index < -0.39 is 0 Å². The molecule has 0 fully saturated rings. The number of ketones is 1. The Balaban J connectivity index is 3.10. The second kappa shape index (κ2) is 4.98. The van der Waals surface area contributed by atoms with E-state index in [1.54, 1.807) is 18.2 Å². The lowest BCUT2D eigenvalue weighted by molar-refractivity contribution is 0.0982. The first-order chi connectivity index (χ1) is 6.70. The Kier molecular flexibility index (Phi) is 3.92. The largest absolute Gasteiger partial charge is 0.496 e. The van der Waals surface area contributed by atoms with Crippen molar-refractivity contribution in [3.05, 3.63) is 28.8 Å². The van der Waals surface area contributed by atoms with Crippen molar-refractivity contribution in [3.8, 4) is 5.75 Å². The summed E-state index contributed by atoms with van der Waals surface area (Å²) < 4.78 is 5.05. The lowest BCUT2D eigenvalue weighted by Gasteiger charge is -2.08. The van der Waals surface area contributed by atoms with Crippen LogP contribution in [0.1, 0.15) is 16.8 Å². The molecule has 0 aromatic heterocycles. The minimum absolute atomic E-state index is 0.0880. The highest BCUT2D eigenvalue weighted by Crippen LogP contribution is 2.27. The van der Waals surface area contributed by atoms with Gasteiger partial charge in [-0.2, -0.15) is 0 Å². The van der Waals surface area contributed by atoms with E-state index in [9.17, 15) is 4.79 Å². The summed E-state index contributed by atoms with van der Waals surface area (Å²) in [6, 6.07) is 5.10. The number of benzene rings is 1. The van der Waals surface area contributed by atoms with E-state index >= 15 is 0 Å². The van der Waals surface area contributed by atoms with Crippen LogP contribution in [0.25, 0.3) is 0 Å². The lowest BCUT2D eigenvalue weighted by atomic mass is 10.1. The Morgan fingerprint density at radius 3 is 2.86 bits per heavy atom. The quantitative estimate of drug-likeness (QED) is 0.777. The van der Waals surface area contributed by atoms with E-state index in [0.29, 0.717) is 22.9 Å². The van der Waals surface area contributed by atoms with Crippen LogP contribution in [-0.2, 0) is 0 Å². The third kappa shape index (κ3) is 2.25. The molecule has 3 nitrogen and oxygen atoms in total. The number of rotatable bonds is 4. The summed E-state index contributed by atoms with van der Waals surface area (Å²) >= 11 is 5.90. The molecule has 0 aliphatic heterocycles. The Morgan fingerprint density at radius 1 is 1.57 bits per heavy atom. The second-order valence-corrected chi connectivity index (χ2v) is 3.19. The molecule has 0 aliphatic carbocycles. The van der Waals surface area contributed by atoms with Gasteiger partial charge in [-0.05, 0) is 18.7 Å². The van der Waals surface area contributed by atoms with Crippen LogP contribution in [0, 0.1) is 0 Å². The predicted octanol–water partition coefficient (Wildman–Crippen LogP) is 1.88. The van der Waals surface area contributed by atoms with Gasteiger partial charge >= 0.3 is 0 Å². The van der Waals surface area contributed by atoms with Crippen LogP contribution >= 0.6 is 11.6 Å². The van der Waals surface area contributed by atoms with E-state index in [-0.39, 0.29) is 12.2 Å². The van der Waals surface area contributed by atoms with Crippen molar-refractivity contribution in [2.45, 2.75) is 6.42 Å². The van der Waals surface area contributed by atoms with Crippen LogP contribution in [-0.4, -0.2) is 19.4 Å². The molecule has 0 saturated carbocycles. The number of Topliss-reactive ketones (excluding diaryl/α,β-unsaturated/α-hetero) is 1. The highest BCUT2D eigenvalue weighted by molar-refractivity contribution is 6.34. The summed E-state index contributed by atoms with van der Waals surface area (Å²) in [7, 11) is 1.50. The molecule has 0 heterocycles. The van der Waals surface area contributed by atoms with Crippen LogP contribution < -0.4 is 10.5 Å². The van der Waals surface area contributed by atoms with Gasteiger partial charge < -0.3 is 10.5 Å². The maximum absolute atomic E-state index is 11.6. The van der Waals surface area contributed by atoms with Gasteiger partial charge in [0, 0.05) is 6.42 Å². The lowest BCUT2D eigenvalue weighted by Crippen LogP contribution is -2.09. The molecule has 0 bridgehead atoms. The van der Waals surface area contributed by atoms with Gasteiger partial charge in [-0.15, -0.1) is 0 Å². The zero-order valence-corrected chi connectivity index (χ0v) is 8.67. The van der Waals surface area contributed by atoms with Crippen molar-refractivity contribution >= 4 is 17.4 Å².